The Hall–Kier alpha value is -4.28. The highest BCUT2D eigenvalue weighted by molar-refractivity contribution is 9.10. The molecule has 3 aromatic rings. The molecule has 0 unspecified atom stereocenters. The number of anilines is 1. The minimum atomic E-state index is -1.52. The first kappa shape index (κ1) is 28.5. The molecule has 9 nitrogen and oxygen atoms in total. The van der Waals surface area contributed by atoms with E-state index >= 15 is 4.79 Å². The summed E-state index contributed by atoms with van der Waals surface area (Å²) < 4.78 is 0.636. The topological polar surface area (TPSA) is 138 Å². The molecule has 3 fully saturated rings. The molecular weight excluding hydrogens is 650 g/mol. The molecule has 7 rings (SSSR count). The number of phenolic OH excluding ortho intramolecular Hbond substituents is 1. The van der Waals surface area contributed by atoms with Crippen LogP contribution in [-0.2, 0) is 24.6 Å². The summed E-state index contributed by atoms with van der Waals surface area (Å²) in [6, 6.07) is 19.2. The van der Waals surface area contributed by atoms with E-state index in [9.17, 15) is 24.3 Å². The molecule has 11 heteroatoms. The summed E-state index contributed by atoms with van der Waals surface area (Å²) in [5, 5.41) is 11.7. The van der Waals surface area contributed by atoms with Gasteiger partial charge >= 0.3 is 6.03 Å². The monoisotopic (exact) mass is 673 g/mol. The highest BCUT2D eigenvalue weighted by Crippen LogP contribution is 2.65. The van der Waals surface area contributed by atoms with E-state index in [-0.39, 0.29) is 18.6 Å². The zero-order valence-electron chi connectivity index (χ0n) is 23.0. The van der Waals surface area contributed by atoms with Gasteiger partial charge in [0.05, 0.1) is 28.9 Å². The lowest BCUT2D eigenvalue weighted by atomic mass is 9.49. The van der Waals surface area contributed by atoms with E-state index in [4.69, 9.17) is 17.3 Å². The minimum Gasteiger partial charge on any atom is -0.508 e. The standard InChI is InChI=1S/C33H25BrClN3O6/c34-17-9-12-25(39)23(13-17)27-20-10-11-21-26(30(42)38(28(21)40)32(36)44)22(20)15-24-29(41)37(19-8-4-7-18(35)14-19)31(43)33(24,27)16-5-2-1-3-6-16/h1-10,12-14,21-22,24,26-27,39H,11,15H2,(H2,36,44)/t21-,22+,24-,26-,27+,33+/m0/s1. The summed E-state index contributed by atoms with van der Waals surface area (Å²) in [5.74, 6) is -6.81. The van der Waals surface area contributed by atoms with Gasteiger partial charge in [-0.2, -0.15) is 4.90 Å². The van der Waals surface area contributed by atoms with Crippen LogP contribution in [0.3, 0.4) is 0 Å². The third kappa shape index (κ3) is 3.80. The quantitative estimate of drug-likeness (QED) is 0.295. The molecule has 1 saturated carbocycles. The van der Waals surface area contributed by atoms with Gasteiger partial charge in [-0.05, 0) is 60.7 Å². The number of hydrogen-bond donors (Lipinski definition) is 2. The molecule has 2 heterocycles. The number of imide groups is 4. The number of carbonyl (C=O) groups excluding carboxylic acids is 5. The van der Waals surface area contributed by atoms with Gasteiger partial charge in [0.15, 0.2) is 0 Å². The molecule has 4 aliphatic rings. The zero-order chi connectivity index (χ0) is 31.1. The predicted octanol–water partition coefficient (Wildman–Crippen LogP) is 5.05. The molecular formula is C33H25BrClN3O6. The van der Waals surface area contributed by atoms with Gasteiger partial charge < -0.3 is 10.8 Å². The van der Waals surface area contributed by atoms with Crippen LogP contribution in [0, 0.1) is 23.7 Å². The number of fused-ring (bicyclic) bond motifs is 4. The molecule has 0 spiro atoms. The number of allylic oxidation sites excluding steroid dienone is 2. The van der Waals surface area contributed by atoms with E-state index in [2.05, 4.69) is 15.9 Å². The van der Waals surface area contributed by atoms with Gasteiger partial charge in [0.1, 0.15) is 5.75 Å². The molecule has 0 bridgehead atoms. The lowest BCUT2D eigenvalue weighted by Crippen LogP contribution is -2.53. The van der Waals surface area contributed by atoms with Crippen LogP contribution in [0.2, 0.25) is 5.02 Å². The van der Waals surface area contributed by atoms with Crippen molar-refractivity contribution in [1.29, 1.82) is 0 Å². The van der Waals surface area contributed by atoms with Crippen LogP contribution in [0.1, 0.15) is 29.9 Å². The number of rotatable bonds is 3. The van der Waals surface area contributed by atoms with Crippen molar-refractivity contribution in [2.24, 2.45) is 29.4 Å². The first-order valence-corrected chi connectivity index (χ1v) is 15.3. The molecule has 2 saturated heterocycles. The smallest absolute Gasteiger partial charge is 0.328 e. The van der Waals surface area contributed by atoms with Crippen molar-refractivity contribution in [3.05, 3.63) is 105 Å². The van der Waals surface area contributed by atoms with Crippen molar-refractivity contribution in [3.8, 4) is 5.75 Å². The number of halogens is 2. The van der Waals surface area contributed by atoms with Crippen molar-refractivity contribution in [2.45, 2.75) is 24.2 Å². The second-order valence-electron chi connectivity index (χ2n) is 11.6. The number of nitrogens with two attached hydrogens (primary N) is 1. The summed E-state index contributed by atoms with van der Waals surface area (Å²) in [6.45, 7) is 0. The van der Waals surface area contributed by atoms with E-state index in [1.165, 1.54) is 6.07 Å². The normalized spacial score (nSPS) is 29.3. The number of phenols is 1. The third-order valence-corrected chi connectivity index (χ3v) is 10.4. The highest BCUT2D eigenvalue weighted by atomic mass is 79.9. The van der Waals surface area contributed by atoms with Gasteiger partial charge in [-0.25, -0.2) is 9.69 Å². The molecule has 6 atom stereocenters. The number of nitrogens with zero attached hydrogens (tertiary/aromatic N) is 2. The van der Waals surface area contributed by atoms with Gasteiger partial charge in [0.25, 0.3) is 0 Å². The van der Waals surface area contributed by atoms with E-state index in [1.54, 1.807) is 60.7 Å². The number of amides is 6. The Morgan fingerprint density at radius 2 is 1.68 bits per heavy atom. The Balaban J connectivity index is 1.52. The van der Waals surface area contributed by atoms with E-state index in [1.807, 2.05) is 12.1 Å². The maximum atomic E-state index is 15.1. The van der Waals surface area contributed by atoms with Crippen LogP contribution in [-0.4, -0.2) is 39.7 Å². The van der Waals surface area contributed by atoms with Crippen LogP contribution in [0.4, 0.5) is 10.5 Å². The van der Waals surface area contributed by atoms with Crippen LogP contribution < -0.4 is 10.6 Å². The van der Waals surface area contributed by atoms with Gasteiger partial charge in [-0.1, -0.05) is 75.6 Å². The van der Waals surface area contributed by atoms with Crippen LogP contribution >= 0.6 is 27.5 Å². The SMILES string of the molecule is NC(=O)N1C(=O)[C@H]2[C@H](CC=C3[C@H]2C[C@H]2C(=O)N(c4cccc(Cl)c4)C(=O)[C@@]2(c2ccccc2)[C@H]3c2cc(Br)ccc2O)C1=O. The number of hydrogen-bond acceptors (Lipinski definition) is 6. The Kier molecular flexibility index (Phi) is 6.56. The predicted molar refractivity (Wildman–Crippen MR) is 163 cm³/mol. The highest BCUT2D eigenvalue weighted by Gasteiger charge is 2.70. The molecule has 6 amide bonds. The molecule has 2 aliphatic heterocycles. The number of urea groups is 1. The van der Waals surface area contributed by atoms with E-state index in [0.29, 0.717) is 36.8 Å². The van der Waals surface area contributed by atoms with Crippen molar-refractivity contribution in [3.63, 3.8) is 0 Å². The molecule has 3 N–H and O–H groups in total. The molecule has 2 aliphatic carbocycles. The molecule has 44 heavy (non-hydrogen) atoms. The summed E-state index contributed by atoms with van der Waals surface area (Å²) in [4.78, 5) is 70.3. The average Bonchev–Trinajstić information content (AvgIpc) is 3.39. The molecule has 222 valence electrons. The van der Waals surface area contributed by atoms with Crippen molar-refractivity contribution in [1.82, 2.24) is 4.90 Å². The van der Waals surface area contributed by atoms with Crippen LogP contribution in [0.15, 0.2) is 88.9 Å². The largest absolute Gasteiger partial charge is 0.508 e. The first-order valence-electron chi connectivity index (χ1n) is 14.1. The van der Waals surface area contributed by atoms with Crippen molar-refractivity contribution in [2.75, 3.05) is 4.90 Å². The maximum Gasteiger partial charge on any atom is 0.328 e. The molecule has 0 radical (unpaired) electrons. The van der Waals surface area contributed by atoms with Gasteiger partial charge in [0, 0.05) is 21.0 Å². The van der Waals surface area contributed by atoms with Crippen LogP contribution in [0.5, 0.6) is 5.75 Å². The Morgan fingerprint density at radius 3 is 2.39 bits per heavy atom. The number of aromatic hydroxyl groups is 1. The fourth-order valence-electron chi connectivity index (χ4n) is 8.06. The zero-order valence-corrected chi connectivity index (χ0v) is 25.4. The number of carbonyl (C=O) groups is 5. The number of benzene rings is 3. The number of primary amides is 1. The Labute approximate surface area is 265 Å². The summed E-state index contributed by atoms with van der Waals surface area (Å²) in [6.07, 6.45) is 2.03. The van der Waals surface area contributed by atoms with Crippen LogP contribution in [0.25, 0.3) is 0 Å². The third-order valence-electron chi connectivity index (χ3n) is 9.69. The Bertz CT molecular complexity index is 1830. The molecule has 0 aromatic heterocycles. The maximum absolute atomic E-state index is 15.1. The minimum absolute atomic E-state index is 0.0560. The summed E-state index contributed by atoms with van der Waals surface area (Å²) in [7, 11) is 0. The van der Waals surface area contributed by atoms with Gasteiger partial charge in [-0.15, -0.1) is 0 Å². The fraction of sp³-hybridized carbons (Fsp3) is 0.242. The second kappa shape index (κ2) is 10.1. The molecule has 3 aromatic carbocycles. The Morgan fingerprint density at radius 1 is 0.932 bits per heavy atom. The van der Waals surface area contributed by atoms with E-state index < -0.39 is 64.7 Å². The first-order chi connectivity index (χ1) is 21.1. The lowest BCUT2D eigenvalue weighted by Gasteiger charge is -2.50. The summed E-state index contributed by atoms with van der Waals surface area (Å²) in [5.41, 5.74) is 5.84. The summed E-state index contributed by atoms with van der Waals surface area (Å²) >= 11 is 9.81. The van der Waals surface area contributed by atoms with Gasteiger partial charge in [-0.3, -0.25) is 19.2 Å². The van der Waals surface area contributed by atoms with Crippen molar-refractivity contribution >= 4 is 62.9 Å². The van der Waals surface area contributed by atoms with Crippen molar-refractivity contribution < 1.29 is 29.1 Å². The average molecular weight is 675 g/mol. The van der Waals surface area contributed by atoms with Gasteiger partial charge in [0.2, 0.25) is 23.6 Å². The number of likely N-dealkylation sites (tertiary alicyclic amines) is 1. The van der Waals surface area contributed by atoms with E-state index in [0.717, 1.165) is 4.90 Å². The lowest BCUT2D eigenvalue weighted by molar-refractivity contribution is -0.136. The second-order valence-corrected chi connectivity index (χ2v) is 13.0. The fourth-order valence-corrected chi connectivity index (χ4v) is 8.63.